The van der Waals surface area contributed by atoms with Crippen molar-refractivity contribution in [1.82, 2.24) is 14.9 Å². The van der Waals surface area contributed by atoms with Gasteiger partial charge in [-0.05, 0) is 0 Å². The summed E-state index contributed by atoms with van der Waals surface area (Å²) in [5, 5.41) is 12.8. The Balaban J connectivity index is 3.87. The molecule has 0 aliphatic rings. The van der Waals surface area contributed by atoms with Gasteiger partial charge in [0.1, 0.15) is 6.54 Å². The van der Waals surface area contributed by atoms with Gasteiger partial charge in [-0.25, -0.2) is 0 Å². The van der Waals surface area contributed by atoms with Gasteiger partial charge in [0.2, 0.25) is 11.8 Å². The maximum Gasteiger partial charge on any atom is 0.324 e. The number of carboxylic acid groups (broad SMARTS) is 1. The molecule has 17 heavy (non-hydrogen) atoms. The molecule has 0 aromatic carbocycles. The molecule has 0 spiro atoms. The molecular formula is C8H13N3O5S. The van der Waals surface area contributed by atoms with Crippen LogP contribution in [0.1, 0.15) is 6.92 Å². The van der Waals surface area contributed by atoms with Crippen molar-refractivity contribution in [3.8, 4) is 0 Å². The molecule has 0 saturated heterocycles. The minimum Gasteiger partial charge on any atom is -0.480 e. The Labute approximate surface area is 103 Å². The fourth-order valence-corrected chi connectivity index (χ4v) is 0.941. The fraction of sp³-hybridized carbons (Fsp3) is 0.500. The highest BCUT2D eigenvalue weighted by molar-refractivity contribution is 7.78. The smallest absolute Gasteiger partial charge is 0.324 e. The molecule has 0 fully saturated rings. The monoisotopic (exact) mass is 263 g/mol. The van der Waals surface area contributed by atoms with Gasteiger partial charge in [0.25, 0.3) is 5.91 Å². The number of nitrogens with zero attached hydrogens (tertiary/aromatic N) is 1. The minimum atomic E-state index is -1.21. The minimum absolute atomic E-state index is 0.242. The molecule has 0 rings (SSSR count). The number of hydrogen-bond acceptors (Lipinski definition) is 5. The van der Waals surface area contributed by atoms with E-state index in [1.54, 1.807) is 0 Å². The van der Waals surface area contributed by atoms with Gasteiger partial charge in [-0.15, -0.1) is 0 Å². The average Bonchev–Trinajstić information content (AvgIpc) is 2.21. The van der Waals surface area contributed by atoms with Crippen LogP contribution in [0.5, 0.6) is 0 Å². The summed E-state index contributed by atoms with van der Waals surface area (Å²) in [4.78, 5) is 43.0. The second kappa shape index (κ2) is 7.49. The van der Waals surface area contributed by atoms with E-state index in [9.17, 15) is 19.2 Å². The second-order valence-electron chi connectivity index (χ2n) is 3.03. The van der Waals surface area contributed by atoms with Gasteiger partial charge in [-0.1, -0.05) is 12.8 Å². The lowest BCUT2D eigenvalue weighted by molar-refractivity contribution is -0.140. The first-order valence-corrected chi connectivity index (χ1v) is 4.95. The quantitative estimate of drug-likeness (QED) is 0.413. The van der Waals surface area contributed by atoms with E-state index in [0.29, 0.717) is 4.31 Å². The van der Waals surface area contributed by atoms with Crippen molar-refractivity contribution in [3.63, 3.8) is 0 Å². The SMILES string of the molecule is CC(=O)NCC(=O)NCC(=O)N(S)CC(=O)O. The van der Waals surface area contributed by atoms with Crippen molar-refractivity contribution in [2.24, 2.45) is 0 Å². The number of carboxylic acids is 1. The summed E-state index contributed by atoms with van der Waals surface area (Å²) in [5.74, 6) is -2.79. The molecule has 0 heterocycles. The Hall–Kier alpha value is -1.77. The number of rotatable bonds is 6. The summed E-state index contributed by atoms with van der Waals surface area (Å²) in [6, 6.07) is 0. The number of carbonyl (C=O) groups is 4. The van der Waals surface area contributed by atoms with Crippen molar-refractivity contribution in [2.75, 3.05) is 19.6 Å². The van der Waals surface area contributed by atoms with E-state index in [-0.39, 0.29) is 19.0 Å². The molecule has 96 valence electrons. The molecule has 0 aromatic rings. The van der Waals surface area contributed by atoms with Gasteiger partial charge in [-0.3, -0.25) is 23.5 Å². The predicted molar refractivity (Wildman–Crippen MR) is 60.0 cm³/mol. The first-order valence-electron chi connectivity index (χ1n) is 4.55. The molecule has 0 aliphatic heterocycles. The van der Waals surface area contributed by atoms with Crippen LogP contribution in [0.25, 0.3) is 0 Å². The standard InChI is InChI=1S/C8H13N3O5S/c1-5(12)9-2-6(13)10-3-7(14)11(17)4-8(15)16/h17H,2-4H2,1H3,(H,9,12)(H,10,13)(H,15,16). The Morgan fingerprint density at radius 3 is 2.24 bits per heavy atom. The zero-order valence-electron chi connectivity index (χ0n) is 9.10. The van der Waals surface area contributed by atoms with Gasteiger partial charge in [0.05, 0.1) is 13.1 Å². The van der Waals surface area contributed by atoms with Gasteiger partial charge in [0.15, 0.2) is 0 Å². The molecule has 0 aliphatic carbocycles. The molecule has 0 unspecified atom stereocenters. The number of thiol groups is 1. The Bertz CT molecular complexity index is 333. The second-order valence-corrected chi connectivity index (χ2v) is 3.51. The number of nitrogens with one attached hydrogen (secondary N) is 2. The maximum absolute atomic E-state index is 11.2. The highest BCUT2D eigenvalue weighted by Crippen LogP contribution is 1.92. The van der Waals surface area contributed by atoms with Crippen LogP contribution < -0.4 is 10.6 Å². The van der Waals surface area contributed by atoms with Crippen LogP contribution in [-0.4, -0.2) is 52.7 Å². The molecule has 8 nitrogen and oxygen atoms in total. The Kier molecular flexibility index (Phi) is 6.71. The predicted octanol–water partition coefficient (Wildman–Crippen LogP) is -2.00. The summed E-state index contributed by atoms with van der Waals surface area (Å²) in [5.41, 5.74) is 0. The van der Waals surface area contributed by atoms with Gasteiger partial charge >= 0.3 is 5.97 Å². The van der Waals surface area contributed by atoms with Gasteiger partial charge in [-0.2, -0.15) is 0 Å². The lowest BCUT2D eigenvalue weighted by Crippen LogP contribution is -2.41. The summed E-state index contributed by atoms with van der Waals surface area (Å²) in [7, 11) is 0. The maximum atomic E-state index is 11.2. The summed E-state index contributed by atoms with van der Waals surface area (Å²) < 4.78 is 0.668. The third kappa shape index (κ3) is 8.08. The van der Waals surface area contributed by atoms with Crippen molar-refractivity contribution in [3.05, 3.63) is 0 Å². The van der Waals surface area contributed by atoms with Crippen LogP contribution in [0.4, 0.5) is 0 Å². The molecule has 0 aromatic heterocycles. The zero-order valence-corrected chi connectivity index (χ0v) is 9.99. The van der Waals surface area contributed by atoms with Crippen molar-refractivity contribution < 1.29 is 24.3 Å². The van der Waals surface area contributed by atoms with Crippen LogP contribution >= 0.6 is 12.8 Å². The number of aliphatic carboxylic acids is 1. The lowest BCUT2D eigenvalue weighted by atomic mass is 10.5. The van der Waals surface area contributed by atoms with E-state index < -0.39 is 24.3 Å². The van der Waals surface area contributed by atoms with Crippen LogP contribution in [0.3, 0.4) is 0 Å². The van der Waals surface area contributed by atoms with E-state index >= 15 is 0 Å². The van der Waals surface area contributed by atoms with Crippen LogP contribution in [0.2, 0.25) is 0 Å². The molecule has 0 saturated carbocycles. The summed E-state index contributed by atoms with van der Waals surface area (Å²) in [6.07, 6.45) is 0. The largest absolute Gasteiger partial charge is 0.480 e. The zero-order chi connectivity index (χ0) is 13.4. The normalized spacial score (nSPS) is 9.29. The average molecular weight is 263 g/mol. The fourth-order valence-electron chi connectivity index (χ4n) is 0.749. The highest BCUT2D eigenvalue weighted by atomic mass is 32.1. The van der Waals surface area contributed by atoms with Crippen molar-refractivity contribution >= 4 is 36.5 Å². The topological polar surface area (TPSA) is 116 Å². The summed E-state index contributed by atoms with van der Waals surface area (Å²) >= 11 is 3.63. The summed E-state index contributed by atoms with van der Waals surface area (Å²) in [6.45, 7) is 0.0631. The van der Waals surface area contributed by atoms with E-state index in [1.807, 2.05) is 0 Å². The highest BCUT2D eigenvalue weighted by Gasteiger charge is 2.13. The van der Waals surface area contributed by atoms with Crippen LogP contribution in [0, 0.1) is 0 Å². The molecule has 0 radical (unpaired) electrons. The first kappa shape index (κ1) is 15.2. The van der Waals surface area contributed by atoms with E-state index in [0.717, 1.165) is 0 Å². The van der Waals surface area contributed by atoms with E-state index in [1.165, 1.54) is 6.92 Å². The molecular weight excluding hydrogens is 250 g/mol. The van der Waals surface area contributed by atoms with E-state index in [2.05, 4.69) is 23.4 Å². The van der Waals surface area contributed by atoms with Gasteiger partial charge < -0.3 is 15.7 Å². The van der Waals surface area contributed by atoms with Crippen molar-refractivity contribution in [2.45, 2.75) is 6.92 Å². The molecule has 0 bridgehead atoms. The molecule has 3 amide bonds. The molecule has 9 heteroatoms. The number of hydrogen-bond donors (Lipinski definition) is 4. The third-order valence-electron chi connectivity index (χ3n) is 1.51. The van der Waals surface area contributed by atoms with Crippen LogP contribution in [0.15, 0.2) is 0 Å². The van der Waals surface area contributed by atoms with Crippen LogP contribution in [-0.2, 0) is 19.2 Å². The Morgan fingerprint density at radius 1 is 1.18 bits per heavy atom. The van der Waals surface area contributed by atoms with Crippen molar-refractivity contribution in [1.29, 1.82) is 0 Å². The Morgan fingerprint density at radius 2 is 1.76 bits per heavy atom. The first-order chi connectivity index (χ1) is 7.82. The van der Waals surface area contributed by atoms with E-state index in [4.69, 9.17) is 5.11 Å². The van der Waals surface area contributed by atoms with Gasteiger partial charge in [0, 0.05) is 6.92 Å². The lowest BCUT2D eigenvalue weighted by Gasteiger charge is -2.13. The number of carbonyl (C=O) groups excluding carboxylic acids is 3. The molecule has 3 N–H and O–H groups in total. The molecule has 0 atom stereocenters. The third-order valence-corrected chi connectivity index (χ3v) is 1.87. The number of amides is 3.